The number of hydrogen-bond donors (Lipinski definition) is 1. The maximum atomic E-state index is 13.7. The van der Waals surface area contributed by atoms with Crippen LogP contribution in [-0.2, 0) is 14.3 Å². The number of benzene rings is 4. The lowest BCUT2D eigenvalue weighted by Gasteiger charge is -2.24. The summed E-state index contributed by atoms with van der Waals surface area (Å²) in [5, 5.41) is 2.67. The molecule has 0 fully saturated rings. The number of fused-ring (bicyclic) bond motifs is 3. The van der Waals surface area contributed by atoms with Gasteiger partial charge in [-0.3, -0.25) is 0 Å². The van der Waals surface area contributed by atoms with Crippen molar-refractivity contribution in [3.63, 3.8) is 0 Å². The van der Waals surface area contributed by atoms with E-state index in [1.807, 2.05) is 89.2 Å². The van der Waals surface area contributed by atoms with Gasteiger partial charge in [0.1, 0.15) is 12.4 Å². The fourth-order valence-corrected chi connectivity index (χ4v) is 5.79. The summed E-state index contributed by atoms with van der Waals surface area (Å²) in [6.45, 7) is 13.9. The van der Waals surface area contributed by atoms with Crippen LogP contribution in [0, 0.1) is 13.8 Å². The van der Waals surface area contributed by atoms with Crippen LogP contribution >= 0.6 is 0 Å². The van der Waals surface area contributed by atoms with Gasteiger partial charge in [-0.25, -0.2) is 9.59 Å². The van der Waals surface area contributed by atoms with E-state index in [0.29, 0.717) is 11.3 Å². The fourth-order valence-electron chi connectivity index (χ4n) is 5.79. The molecule has 4 aromatic rings. The third-order valence-electron chi connectivity index (χ3n) is 8.51. The number of aryl methyl sites for hydroxylation is 1. The van der Waals surface area contributed by atoms with Crippen molar-refractivity contribution in [3.05, 3.63) is 119 Å². The standard InChI is InChI=1S/C40H43NO7/c1-24-19-28(21-36(45-8)25(24)2)26(3)27-17-18-35(44-7)37(20-27)48-38(42)34(23-47-40(4,5)6)41-39(43)46-22-33-31-15-11-9-13-29(31)30-14-10-12-16-32(30)33/h9-21,33-34H,3,22-23H2,1-2,4-8H3,(H,41,43)/t34-/m1/s1. The second-order valence-electron chi connectivity index (χ2n) is 12.8. The van der Waals surface area contributed by atoms with Crippen molar-refractivity contribution < 1.29 is 33.3 Å². The molecule has 0 spiro atoms. The molecule has 0 aromatic heterocycles. The normalized spacial score (nSPS) is 12.8. The monoisotopic (exact) mass is 649 g/mol. The van der Waals surface area contributed by atoms with Gasteiger partial charge in [-0.05, 0) is 103 Å². The summed E-state index contributed by atoms with van der Waals surface area (Å²) in [6, 6.07) is 24.2. The molecule has 1 amide bonds. The van der Waals surface area contributed by atoms with Gasteiger partial charge in [-0.1, -0.05) is 67.2 Å². The molecule has 0 radical (unpaired) electrons. The predicted octanol–water partition coefficient (Wildman–Crippen LogP) is 8.01. The van der Waals surface area contributed by atoms with Gasteiger partial charge in [-0.15, -0.1) is 0 Å². The van der Waals surface area contributed by atoms with Crippen LogP contribution in [0.4, 0.5) is 4.79 Å². The van der Waals surface area contributed by atoms with Gasteiger partial charge in [0.15, 0.2) is 17.5 Å². The molecule has 5 rings (SSSR count). The second-order valence-corrected chi connectivity index (χ2v) is 12.8. The first-order chi connectivity index (χ1) is 22.9. The van der Waals surface area contributed by atoms with Crippen molar-refractivity contribution in [1.82, 2.24) is 5.32 Å². The SMILES string of the molecule is C=C(c1ccc(OC)c(OC(=O)[C@@H](COC(C)(C)C)NC(=O)OCC2c3ccccc3-c3ccccc32)c1)c1cc(C)c(C)c(OC)c1. The molecular weight excluding hydrogens is 606 g/mol. The summed E-state index contributed by atoms with van der Waals surface area (Å²) in [5.74, 6) is 0.409. The Morgan fingerprint density at radius 1 is 0.812 bits per heavy atom. The number of rotatable bonds is 11. The van der Waals surface area contributed by atoms with E-state index in [4.69, 9.17) is 23.7 Å². The second kappa shape index (κ2) is 14.4. The van der Waals surface area contributed by atoms with Gasteiger partial charge in [0.05, 0.1) is 26.4 Å². The van der Waals surface area contributed by atoms with E-state index in [1.165, 1.54) is 7.11 Å². The Labute approximate surface area is 282 Å². The van der Waals surface area contributed by atoms with Crippen molar-refractivity contribution in [2.75, 3.05) is 27.4 Å². The molecule has 0 unspecified atom stereocenters. The van der Waals surface area contributed by atoms with Crippen molar-refractivity contribution in [3.8, 4) is 28.4 Å². The number of nitrogens with one attached hydrogen (secondary N) is 1. The fraction of sp³-hybridized carbons (Fsp3) is 0.300. The molecule has 8 heteroatoms. The number of carbonyl (C=O) groups is 2. The van der Waals surface area contributed by atoms with Gasteiger partial charge in [-0.2, -0.15) is 0 Å². The van der Waals surface area contributed by atoms with Crippen LogP contribution < -0.4 is 19.5 Å². The Kier molecular flexibility index (Phi) is 10.2. The highest BCUT2D eigenvalue weighted by Crippen LogP contribution is 2.44. The van der Waals surface area contributed by atoms with Crippen LogP contribution in [0.15, 0.2) is 85.4 Å². The molecule has 250 valence electrons. The quantitative estimate of drug-likeness (QED) is 0.130. The average Bonchev–Trinajstić information content (AvgIpc) is 3.39. The maximum absolute atomic E-state index is 13.7. The first kappa shape index (κ1) is 34.3. The first-order valence-electron chi connectivity index (χ1n) is 15.9. The van der Waals surface area contributed by atoms with Gasteiger partial charge in [0.2, 0.25) is 0 Å². The number of esters is 1. The van der Waals surface area contributed by atoms with Crippen molar-refractivity contribution in [1.29, 1.82) is 0 Å². The van der Waals surface area contributed by atoms with E-state index < -0.39 is 23.7 Å². The number of ether oxygens (including phenoxy) is 5. The largest absolute Gasteiger partial charge is 0.496 e. The first-order valence-corrected chi connectivity index (χ1v) is 15.9. The topological polar surface area (TPSA) is 92.3 Å². The molecule has 1 aliphatic rings. The Morgan fingerprint density at radius 2 is 1.42 bits per heavy atom. The summed E-state index contributed by atoms with van der Waals surface area (Å²) in [5.41, 5.74) is 8.25. The highest BCUT2D eigenvalue weighted by atomic mass is 16.6. The van der Waals surface area contributed by atoms with Crippen molar-refractivity contribution >= 4 is 17.6 Å². The molecular formula is C40H43NO7. The molecule has 8 nitrogen and oxygen atoms in total. The van der Waals surface area contributed by atoms with E-state index in [2.05, 4.69) is 24.0 Å². The number of carbonyl (C=O) groups excluding carboxylic acids is 2. The van der Waals surface area contributed by atoms with Crippen LogP contribution in [-0.4, -0.2) is 51.1 Å². The Bertz CT molecular complexity index is 1790. The minimum atomic E-state index is -1.17. The number of alkyl carbamates (subject to hydrolysis) is 1. The van der Waals surface area contributed by atoms with Gasteiger partial charge in [0, 0.05) is 5.92 Å². The van der Waals surface area contributed by atoms with E-state index in [1.54, 1.807) is 19.2 Å². The maximum Gasteiger partial charge on any atom is 0.407 e. The van der Waals surface area contributed by atoms with Crippen LogP contribution in [0.25, 0.3) is 16.7 Å². The van der Waals surface area contributed by atoms with Crippen LogP contribution in [0.1, 0.15) is 60.1 Å². The minimum Gasteiger partial charge on any atom is -0.496 e. The number of methoxy groups -OCH3 is 2. The zero-order valence-electron chi connectivity index (χ0n) is 28.6. The highest BCUT2D eigenvalue weighted by molar-refractivity contribution is 5.85. The van der Waals surface area contributed by atoms with Gasteiger partial charge in [0.25, 0.3) is 0 Å². The van der Waals surface area contributed by atoms with Gasteiger partial charge < -0.3 is 29.0 Å². The third-order valence-corrected chi connectivity index (χ3v) is 8.51. The molecule has 48 heavy (non-hydrogen) atoms. The predicted molar refractivity (Wildman–Crippen MR) is 187 cm³/mol. The summed E-state index contributed by atoms with van der Waals surface area (Å²) >= 11 is 0. The van der Waals surface area contributed by atoms with Gasteiger partial charge >= 0.3 is 12.1 Å². The molecule has 0 bridgehead atoms. The van der Waals surface area contributed by atoms with E-state index >= 15 is 0 Å². The highest BCUT2D eigenvalue weighted by Gasteiger charge is 2.31. The lowest BCUT2D eigenvalue weighted by atomic mass is 9.95. The van der Waals surface area contributed by atoms with Crippen molar-refractivity contribution in [2.45, 2.75) is 52.2 Å². The number of hydrogen-bond acceptors (Lipinski definition) is 7. The third kappa shape index (κ3) is 7.55. The molecule has 1 aliphatic carbocycles. The lowest BCUT2D eigenvalue weighted by Crippen LogP contribution is -2.47. The Morgan fingerprint density at radius 3 is 2.02 bits per heavy atom. The molecule has 0 aliphatic heterocycles. The van der Waals surface area contributed by atoms with Crippen molar-refractivity contribution in [2.24, 2.45) is 0 Å². The smallest absolute Gasteiger partial charge is 0.407 e. The molecule has 0 saturated carbocycles. The summed E-state index contributed by atoms with van der Waals surface area (Å²) in [4.78, 5) is 26.9. The van der Waals surface area contributed by atoms with E-state index in [9.17, 15) is 9.59 Å². The molecule has 0 heterocycles. The lowest BCUT2D eigenvalue weighted by molar-refractivity contribution is -0.140. The molecule has 0 saturated heterocycles. The average molecular weight is 650 g/mol. The summed E-state index contributed by atoms with van der Waals surface area (Å²) in [7, 11) is 3.13. The van der Waals surface area contributed by atoms with Crippen LogP contribution in [0.3, 0.4) is 0 Å². The molecule has 1 atom stereocenters. The Balaban J connectivity index is 1.33. The molecule has 1 N–H and O–H groups in total. The van der Waals surface area contributed by atoms with Crippen LogP contribution in [0.5, 0.6) is 17.2 Å². The molecule has 4 aromatic carbocycles. The summed E-state index contributed by atoms with van der Waals surface area (Å²) in [6.07, 6.45) is -0.755. The zero-order chi connectivity index (χ0) is 34.6. The zero-order valence-corrected chi connectivity index (χ0v) is 28.6. The van der Waals surface area contributed by atoms with Crippen LogP contribution in [0.2, 0.25) is 0 Å². The van der Waals surface area contributed by atoms with E-state index in [0.717, 1.165) is 50.3 Å². The van der Waals surface area contributed by atoms with E-state index in [-0.39, 0.29) is 24.9 Å². The minimum absolute atomic E-state index is 0.100. The Hall–Kier alpha value is -5.08. The summed E-state index contributed by atoms with van der Waals surface area (Å²) < 4.78 is 28.6. The number of amides is 1.